The largest absolute Gasteiger partial charge is 0.477 e. The molecule has 3 N–H and O–H groups in total. The van der Waals surface area contributed by atoms with Gasteiger partial charge in [0.15, 0.2) is 11.6 Å². The number of anilines is 2. The monoisotopic (exact) mass is 506 g/mol. The average molecular weight is 507 g/mol. The molecule has 2 fully saturated rings. The molecule has 2 aliphatic rings. The van der Waals surface area contributed by atoms with E-state index < -0.39 is 51.4 Å². The number of rotatable bonds is 5. The normalized spacial score (nSPS) is 19.0. The van der Waals surface area contributed by atoms with Crippen molar-refractivity contribution in [1.82, 2.24) is 9.47 Å². The zero-order valence-corrected chi connectivity index (χ0v) is 21.1. The number of aromatic carboxylic acids is 1. The van der Waals surface area contributed by atoms with Crippen molar-refractivity contribution in [3.05, 3.63) is 33.6 Å². The number of nitrogens with zero attached hydrogens (tertiary/aromatic N) is 3. The predicted octanol–water partition coefficient (Wildman–Crippen LogP) is 3.98. The summed E-state index contributed by atoms with van der Waals surface area (Å²) in [5, 5.41) is 9.00. The fourth-order valence-corrected chi connectivity index (χ4v) is 4.82. The van der Waals surface area contributed by atoms with Crippen LogP contribution in [0.3, 0.4) is 0 Å². The van der Waals surface area contributed by atoms with Crippen LogP contribution in [0.4, 0.5) is 25.0 Å². The minimum atomic E-state index is -1.48. The Morgan fingerprint density at radius 3 is 2.42 bits per heavy atom. The minimum absolute atomic E-state index is 0.0988. The number of hydrogen-bond acceptors (Lipinski definition) is 6. The summed E-state index contributed by atoms with van der Waals surface area (Å²) in [6.07, 6.45) is 2.58. The highest BCUT2D eigenvalue weighted by Gasteiger charge is 2.37. The van der Waals surface area contributed by atoms with E-state index in [0.29, 0.717) is 25.8 Å². The zero-order valence-electron chi connectivity index (χ0n) is 21.1. The van der Waals surface area contributed by atoms with Crippen molar-refractivity contribution in [2.24, 2.45) is 5.92 Å². The summed E-state index contributed by atoms with van der Waals surface area (Å²) in [6, 6.07) is -0.455. The first-order valence-corrected chi connectivity index (χ1v) is 12.0. The summed E-state index contributed by atoms with van der Waals surface area (Å²) in [5.74, 6) is -3.61. The van der Waals surface area contributed by atoms with Gasteiger partial charge in [-0.25, -0.2) is 18.4 Å². The minimum Gasteiger partial charge on any atom is -0.477 e. The lowest BCUT2D eigenvalue weighted by Gasteiger charge is -2.32. The number of carbonyl (C=O) groups is 2. The van der Waals surface area contributed by atoms with Gasteiger partial charge in [0.2, 0.25) is 5.43 Å². The Hall–Kier alpha value is -3.37. The number of ether oxygens (including phenoxy) is 1. The van der Waals surface area contributed by atoms with Crippen molar-refractivity contribution in [3.8, 4) is 0 Å². The van der Waals surface area contributed by atoms with Gasteiger partial charge in [0.25, 0.3) is 0 Å². The molecule has 2 heterocycles. The van der Waals surface area contributed by atoms with Crippen LogP contribution in [-0.4, -0.2) is 58.4 Å². The molecule has 1 aromatic carbocycles. The summed E-state index contributed by atoms with van der Waals surface area (Å²) in [5.41, 5.74) is 2.69. The zero-order chi connectivity index (χ0) is 26.7. The van der Waals surface area contributed by atoms with Gasteiger partial charge in [0.05, 0.1) is 16.6 Å². The van der Waals surface area contributed by atoms with Gasteiger partial charge in [-0.3, -0.25) is 4.79 Å². The number of fused-ring (bicyclic) bond motifs is 1. The van der Waals surface area contributed by atoms with E-state index >= 15 is 8.78 Å². The van der Waals surface area contributed by atoms with E-state index in [9.17, 15) is 19.5 Å². The van der Waals surface area contributed by atoms with Gasteiger partial charge in [-0.2, -0.15) is 0 Å². The number of carbonyl (C=O) groups excluding carboxylic acids is 1. The van der Waals surface area contributed by atoms with Gasteiger partial charge in [0.1, 0.15) is 16.9 Å². The van der Waals surface area contributed by atoms with Crippen LogP contribution in [0.1, 0.15) is 63.4 Å². The Morgan fingerprint density at radius 2 is 1.86 bits per heavy atom. The maximum absolute atomic E-state index is 16.0. The van der Waals surface area contributed by atoms with Crippen molar-refractivity contribution in [2.45, 2.75) is 64.6 Å². The second-order valence-corrected chi connectivity index (χ2v) is 10.8. The van der Waals surface area contributed by atoms with Crippen LogP contribution in [0.15, 0.2) is 11.0 Å². The van der Waals surface area contributed by atoms with Crippen LogP contribution in [0.2, 0.25) is 0 Å². The van der Waals surface area contributed by atoms with Crippen molar-refractivity contribution in [1.29, 1.82) is 0 Å². The number of carboxylic acid groups (broad SMARTS) is 1. The summed E-state index contributed by atoms with van der Waals surface area (Å²) in [6.45, 7) is 7.76. The van der Waals surface area contributed by atoms with Gasteiger partial charge >= 0.3 is 12.1 Å². The van der Waals surface area contributed by atoms with Gasteiger partial charge in [-0.05, 0) is 52.9 Å². The summed E-state index contributed by atoms with van der Waals surface area (Å²) in [4.78, 5) is 40.0. The molecule has 2 aromatic rings. The molecule has 196 valence electrons. The van der Waals surface area contributed by atoms with Gasteiger partial charge in [0, 0.05) is 38.4 Å². The molecule has 0 unspecified atom stereocenters. The molecule has 36 heavy (non-hydrogen) atoms. The molecule has 2 atom stereocenters. The molecule has 0 bridgehead atoms. The second-order valence-electron chi connectivity index (χ2n) is 10.8. The number of nitrogens with two attached hydrogens (primary N) is 1. The SMILES string of the molecule is C[C@H]([C@@H]1CCN(c2c(F)c(N)c3c(=O)c(C(=O)O)cn(C4CC4)c3c2F)C1)N(C)C(=O)OC(C)(C)C. The smallest absolute Gasteiger partial charge is 0.410 e. The molecule has 1 saturated carbocycles. The Labute approximate surface area is 207 Å². The van der Waals surface area contributed by atoms with Crippen LogP contribution in [-0.2, 0) is 4.74 Å². The van der Waals surface area contributed by atoms with Gasteiger partial charge in [-0.15, -0.1) is 0 Å². The number of halogens is 2. The highest BCUT2D eigenvalue weighted by Crippen LogP contribution is 2.42. The first-order valence-electron chi connectivity index (χ1n) is 12.0. The quantitative estimate of drug-likeness (QED) is 0.589. The van der Waals surface area contributed by atoms with Crippen LogP contribution in [0.25, 0.3) is 10.9 Å². The van der Waals surface area contributed by atoms with E-state index in [-0.39, 0.29) is 35.8 Å². The summed E-state index contributed by atoms with van der Waals surface area (Å²) < 4.78 is 38.4. The lowest BCUT2D eigenvalue weighted by atomic mass is 9.99. The topological polar surface area (TPSA) is 118 Å². The van der Waals surface area contributed by atoms with Crippen LogP contribution < -0.4 is 16.1 Å². The fraction of sp³-hybridized carbons (Fsp3) is 0.560. The maximum atomic E-state index is 16.0. The van der Waals surface area contributed by atoms with Gasteiger partial charge in [-0.1, -0.05) is 0 Å². The highest BCUT2D eigenvalue weighted by molar-refractivity contribution is 5.99. The standard InChI is InChI=1S/C25H32F2N4O5/c1-12(29(5)24(35)36-25(2,3)4)13-8-9-30(10-13)21-17(26)19(28)16-20(18(21)27)31(14-6-7-14)11-15(22(16)32)23(33)34/h11-14H,6-10,28H2,1-5H3,(H,33,34)/t12-,13-/m1/s1. The van der Waals surface area contributed by atoms with Crippen molar-refractivity contribution in [3.63, 3.8) is 0 Å². The molecular weight excluding hydrogens is 474 g/mol. The number of carboxylic acids is 1. The number of amides is 1. The first kappa shape index (κ1) is 25.7. The van der Waals surface area contributed by atoms with Crippen LogP contribution in [0, 0.1) is 17.6 Å². The van der Waals surface area contributed by atoms with E-state index in [1.54, 1.807) is 27.8 Å². The molecule has 0 radical (unpaired) electrons. The van der Waals surface area contributed by atoms with E-state index in [2.05, 4.69) is 0 Å². The molecule has 4 rings (SSSR count). The van der Waals surface area contributed by atoms with Crippen molar-refractivity contribution >= 4 is 34.3 Å². The van der Waals surface area contributed by atoms with Crippen LogP contribution in [0.5, 0.6) is 0 Å². The Morgan fingerprint density at radius 1 is 1.22 bits per heavy atom. The number of pyridine rings is 1. The molecule has 9 nitrogen and oxygen atoms in total. The third kappa shape index (κ3) is 4.46. The number of hydrogen-bond donors (Lipinski definition) is 2. The summed E-state index contributed by atoms with van der Waals surface area (Å²) in [7, 11) is 1.63. The van der Waals surface area contributed by atoms with E-state index in [1.165, 1.54) is 14.4 Å². The molecule has 1 amide bonds. The summed E-state index contributed by atoms with van der Waals surface area (Å²) >= 11 is 0. The first-order chi connectivity index (χ1) is 16.7. The van der Waals surface area contributed by atoms with Crippen LogP contribution >= 0.6 is 0 Å². The molecule has 1 aromatic heterocycles. The third-order valence-electron chi connectivity index (χ3n) is 7.05. The van der Waals surface area contributed by atoms with Crippen molar-refractivity contribution < 1.29 is 28.2 Å². The Balaban J connectivity index is 1.72. The number of aromatic nitrogens is 1. The number of nitrogen functional groups attached to an aromatic ring is 1. The van der Waals surface area contributed by atoms with E-state index in [1.807, 2.05) is 6.92 Å². The molecule has 1 aliphatic heterocycles. The lowest BCUT2D eigenvalue weighted by molar-refractivity contribution is 0.0192. The highest BCUT2D eigenvalue weighted by atomic mass is 19.1. The molecule has 1 aliphatic carbocycles. The van der Waals surface area contributed by atoms with Gasteiger partial charge < -0.3 is 29.9 Å². The van der Waals surface area contributed by atoms with Crippen molar-refractivity contribution in [2.75, 3.05) is 30.8 Å². The molecule has 1 saturated heterocycles. The molecule has 0 spiro atoms. The molecule has 11 heteroatoms. The Bertz CT molecular complexity index is 1300. The fourth-order valence-electron chi connectivity index (χ4n) is 4.82. The van der Waals surface area contributed by atoms with E-state index in [0.717, 1.165) is 6.20 Å². The Kier molecular flexibility index (Phi) is 6.38. The number of benzene rings is 1. The predicted molar refractivity (Wildman–Crippen MR) is 132 cm³/mol. The average Bonchev–Trinajstić information content (AvgIpc) is 3.52. The molecular formula is C25H32F2N4O5. The lowest BCUT2D eigenvalue weighted by Crippen LogP contribution is -2.43. The third-order valence-corrected chi connectivity index (χ3v) is 7.05. The second kappa shape index (κ2) is 8.94. The van der Waals surface area contributed by atoms with E-state index in [4.69, 9.17) is 10.5 Å². The maximum Gasteiger partial charge on any atom is 0.410 e.